The second-order valence-electron chi connectivity index (χ2n) is 6.06. The summed E-state index contributed by atoms with van der Waals surface area (Å²) in [6, 6.07) is 1.91. The van der Waals surface area contributed by atoms with E-state index in [-0.39, 0.29) is 5.75 Å². The minimum absolute atomic E-state index is 0.255. The summed E-state index contributed by atoms with van der Waals surface area (Å²) in [6.07, 6.45) is 0.708. The Labute approximate surface area is 143 Å². The third kappa shape index (κ3) is 5.20. The first-order valence-corrected chi connectivity index (χ1v) is 9.98. The monoisotopic (exact) mass is 357 g/mol. The maximum Gasteiger partial charge on any atom is 0.214 e. The van der Waals surface area contributed by atoms with E-state index in [1.807, 2.05) is 13.0 Å². The zero-order valence-electron chi connectivity index (χ0n) is 14.6. The fourth-order valence-corrected chi connectivity index (χ4v) is 3.94. The van der Waals surface area contributed by atoms with Crippen molar-refractivity contribution in [1.82, 2.24) is 20.1 Å². The molecular formula is C15H27N5O3S. The number of nitrogens with one attached hydrogen (secondary N) is 2. The van der Waals surface area contributed by atoms with Crippen LogP contribution >= 0.6 is 0 Å². The minimum Gasteiger partial charge on any atom is -0.359 e. The Morgan fingerprint density at radius 2 is 2.25 bits per heavy atom. The van der Waals surface area contributed by atoms with Gasteiger partial charge in [-0.1, -0.05) is 19.0 Å². The van der Waals surface area contributed by atoms with Gasteiger partial charge in [-0.05, 0) is 19.3 Å². The molecule has 2 rings (SSSR count). The molecule has 8 nitrogen and oxygen atoms in total. The van der Waals surface area contributed by atoms with Crippen LogP contribution in [0.4, 0.5) is 0 Å². The van der Waals surface area contributed by atoms with E-state index >= 15 is 0 Å². The first kappa shape index (κ1) is 18.7. The minimum atomic E-state index is -3.05. The molecule has 1 aromatic heterocycles. The Bertz CT molecular complexity index is 654. The SMILES string of the molecule is CCNC(=NCc1cc(C(C)C)no1)NCCN1CCCS1(=O)=O. The number of nitrogens with zero attached hydrogens (tertiary/aromatic N) is 3. The average molecular weight is 357 g/mol. The zero-order chi connectivity index (χ0) is 17.6. The summed E-state index contributed by atoms with van der Waals surface area (Å²) < 4.78 is 30.3. The van der Waals surface area contributed by atoms with E-state index in [4.69, 9.17) is 4.52 Å². The third-order valence-corrected chi connectivity index (χ3v) is 5.72. The van der Waals surface area contributed by atoms with Gasteiger partial charge in [0.15, 0.2) is 11.7 Å². The van der Waals surface area contributed by atoms with Gasteiger partial charge in [-0.25, -0.2) is 17.7 Å². The molecule has 1 aromatic rings. The van der Waals surface area contributed by atoms with Crippen LogP contribution in [0.15, 0.2) is 15.6 Å². The summed E-state index contributed by atoms with van der Waals surface area (Å²) in [5.74, 6) is 1.92. The van der Waals surface area contributed by atoms with Crippen molar-refractivity contribution in [1.29, 1.82) is 0 Å². The van der Waals surface area contributed by atoms with Crippen molar-refractivity contribution in [2.24, 2.45) is 4.99 Å². The molecule has 0 bridgehead atoms. The highest BCUT2D eigenvalue weighted by molar-refractivity contribution is 7.89. The topological polar surface area (TPSA) is 99.8 Å². The standard InChI is InChI=1S/C15H27N5O3S/c1-4-16-15(17-6-8-20-7-5-9-24(20,21)22)18-11-13-10-14(12(2)3)19-23-13/h10,12H,4-9,11H2,1-3H3,(H2,16,17,18). The van der Waals surface area contributed by atoms with Crippen LogP contribution in [0.5, 0.6) is 0 Å². The fourth-order valence-electron chi connectivity index (χ4n) is 2.42. The Morgan fingerprint density at radius 1 is 1.46 bits per heavy atom. The van der Waals surface area contributed by atoms with E-state index in [0.717, 1.165) is 12.2 Å². The molecule has 2 heterocycles. The summed E-state index contributed by atoms with van der Waals surface area (Å²) in [5, 5.41) is 10.3. The first-order chi connectivity index (χ1) is 11.4. The van der Waals surface area contributed by atoms with Crippen molar-refractivity contribution in [2.45, 2.75) is 39.7 Å². The van der Waals surface area contributed by atoms with E-state index < -0.39 is 10.0 Å². The van der Waals surface area contributed by atoms with E-state index in [9.17, 15) is 8.42 Å². The molecule has 1 aliphatic rings. The third-order valence-electron chi connectivity index (χ3n) is 3.76. The molecule has 0 saturated carbocycles. The van der Waals surface area contributed by atoms with Gasteiger partial charge in [-0.3, -0.25) is 0 Å². The second-order valence-corrected chi connectivity index (χ2v) is 8.15. The molecule has 0 amide bonds. The molecule has 0 aliphatic carbocycles. The largest absolute Gasteiger partial charge is 0.359 e. The van der Waals surface area contributed by atoms with Crippen molar-refractivity contribution in [3.63, 3.8) is 0 Å². The van der Waals surface area contributed by atoms with Gasteiger partial charge in [0.1, 0.15) is 6.54 Å². The maximum absolute atomic E-state index is 11.8. The van der Waals surface area contributed by atoms with Gasteiger partial charge in [0, 0.05) is 32.2 Å². The van der Waals surface area contributed by atoms with Crippen LogP contribution in [0.2, 0.25) is 0 Å². The quantitative estimate of drug-likeness (QED) is 0.555. The molecule has 1 saturated heterocycles. The van der Waals surface area contributed by atoms with Crippen LogP contribution in [-0.4, -0.2) is 55.8 Å². The van der Waals surface area contributed by atoms with Crippen molar-refractivity contribution in [3.05, 3.63) is 17.5 Å². The maximum atomic E-state index is 11.8. The van der Waals surface area contributed by atoms with E-state index in [2.05, 4.69) is 34.6 Å². The number of sulfonamides is 1. The second kappa shape index (κ2) is 8.48. The van der Waals surface area contributed by atoms with Crippen LogP contribution in [0.1, 0.15) is 44.6 Å². The van der Waals surface area contributed by atoms with Gasteiger partial charge in [-0.2, -0.15) is 0 Å². The molecule has 1 fully saturated rings. The highest BCUT2D eigenvalue weighted by atomic mass is 32.2. The predicted octanol–water partition coefficient (Wildman–Crippen LogP) is 0.889. The molecule has 0 aromatic carbocycles. The van der Waals surface area contributed by atoms with Crippen LogP contribution in [0.3, 0.4) is 0 Å². The molecule has 24 heavy (non-hydrogen) atoms. The Balaban J connectivity index is 1.86. The van der Waals surface area contributed by atoms with Crippen LogP contribution in [0, 0.1) is 0 Å². The lowest BCUT2D eigenvalue weighted by atomic mass is 10.1. The molecule has 1 aliphatic heterocycles. The Kier molecular flexibility index (Phi) is 6.61. The lowest BCUT2D eigenvalue weighted by Gasteiger charge is -2.16. The highest BCUT2D eigenvalue weighted by Gasteiger charge is 2.27. The lowest BCUT2D eigenvalue weighted by molar-refractivity contribution is 0.376. The number of rotatable bonds is 7. The van der Waals surface area contributed by atoms with Crippen LogP contribution in [0.25, 0.3) is 0 Å². The van der Waals surface area contributed by atoms with E-state index in [1.54, 1.807) is 0 Å². The summed E-state index contributed by atoms with van der Waals surface area (Å²) in [6.45, 7) is 8.77. The fraction of sp³-hybridized carbons (Fsp3) is 0.733. The van der Waals surface area contributed by atoms with E-state index in [0.29, 0.717) is 50.2 Å². The van der Waals surface area contributed by atoms with Crippen molar-refractivity contribution in [3.8, 4) is 0 Å². The van der Waals surface area contributed by atoms with Gasteiger partial charge in [0.05, 0.1) is 11.4 Å². The Morgan fingerprint density at radius 3 is 2.83 bits per heavy atom. The number of aromatic nitrogens is 1. The van der Waals surface area contributed by atoms with Crippen molar-refractivity contribution >= 4 is 16.0 Å². The Hall–Kier alpha value is -1.61. The van der Waals surface area contributed by atoms with Gasteiger partial charge in [0.2, 0.25) is 10.0 Å². The first-order valence-electron chi connectivity index (χ1n) is 8.38. The molecular weight excluding hydrogens is 330 g/mol. The van der Waals surface area contributed by atoms with Crippen LogP contribution in [-0.2, 0) is 16.6 Å². The van der Waals surface area contributed by atoms with Gasteiger partial charge in [-0.15, -0.1) is 0 Å². The summed E-state index contributed by atoms with van der Waals surface area (Å²) >= 11 is 0. The summed E-state index contributed by atoms with van der Waals surface area (Å²) in [4.78, 5) is 4.45. The molecule has 9 heteroatoms. The summed E-state index contributed by atoms with van der Waals surface area (Å²) in [5.41, 5.74) is 0.914. The summed E-state index contributed by atoms with van der Waals surface area (Å²) in [7, 11) is -3.05. The smallest absolute Gasteiger partial charge is 0.214 e. The van der Waals surface area contributed by atoms with E-state index in [1.165, 1.54) is 4.31 Å². The van der Waals surface area contributed by atoms with Crippen molar-refractivity contribution < 1.29 is 12.9 Å². The molecule has 0 radical (unpaired) electrons. The van der Waals surface area contributed by atoms with Gasteiger partial charge < -0.3 is 15.2 Å². The molecule has 0 atom stereocenters. The molecule has 0 spiro atoms. The zero-order valence-corrected chi connectivity index (χ0v) is 15.4. The van der Waals surface area contributed by atoms with Gasteiger partial charge in [0.25, 0.3) is 0 Å². The lowest BCUT2D eigenvalue weighted by Crippen LogP contribution is -2.42. The number of hydrogen-bond donors (Lipinski definition) is 2. The predicted molar refractivity (Wildman–Crippen MR) is 93.4 cm³/mol. The number of guanidine groups is 1. The number of aliphatic imine (C=N–C) groups is 1. The average Bonchev–Trinajstić information content (AvgIpc) is 3.12. The normalized spacial score (nSPS) is 18.2. The molecule has 0 unspecified atom stereocenters. The van der Waals surface area contributed by atoms with Gasteiger partial charge >= 0.3 is 0 Å². The highest BCUT2D eigenvalue weighted by Crippen LogP contribution is 2.14. The molecule has 2 N–H and O–H groups in total. The molecule has 136 valence electrons. The van der Waals surface area contributed by atoms with Crippen LogP contribution < -0.4 is 10.6 Å². The number of hydrogen-bond acceptors (Lipinski definition) is 5. The van der Waals surface area contributed by atoms with Crippen molar-refractivity contribution in [2.75, 3.05) is 31.9 Å².